The van der Waals surface area contributed by atoms with Crippen LogP contribution in [0, 0.1) is 0 Å². The van der Waals surface area contributed by atoms with Gasteiger partial charge in [0.15, 0.2) is 5.78 Å². The third kappa shape index (κ3) is 5.92. The van der Waals surface area contributed by atoms with E-state index >= 15 is 0 Å². The summed E-state index contributed by atoms with van der Waals surface area (Å²) in [6, 6.07) is 11.7. The highest BCUT2D eigenvalue weighted by molar-refractivity contribution is 9.10. The van der Waals surface area contributed by atoms with E-state index in [9.17, 15) is 14.4 Å². The number of ketones is 1. The Labute approximate surface area is 165 Å². The summed E-state index contributed by atoms with van der Waals surface area (Å²) in [6.45, 7) is 0.0642. The summed E-state index contributed by atoms with van der Waals surface area (Å²) in [7, 11) is 2.79. The van der Waals surface area contributed by atoms with Gasteiger partial charge in [-0.05, 0) is 35.9 Å². The fourth-order valence-corrected chi connectivity index (χ4v) is 2.70. The van der Waals surface area contributed by atoms with E-state index in [-0.39, 0.29) is 25.2 Å². The third-order valence-corrected chi connectivity index (χ3v) is 4.29. The molecule has 0 unspecified atom stereocenters. The molecule has 27 heavy (non-hydrogen) atoms. The molecule has 0 aromatic heterocycles. The molecule has 0 bridgehead atoms. The van der Waals surface area contributed by atoms with Crippen molar-refractivity contribution in [2.75, 3.05) is 14.2 Å². The quantitative estimate of drug-likeness (QED) is 0.462. The van der Waals surface area contributed by atoms with Gasteiger partial charge in [-0.2, -0.15) is 0 Å². The summed E-state index contributed by atoms with van der Waals surface area (Å²) in [4.78, 5) is 35.6. The molecule has 2 aromatic rings. The minimum absolute atomic E-state index is 0.0208. The van der Waals surface area contributed by atoms with Gasteiger partial charge in [-0.3, -0.25) is 9.59 Å². The highest BCUT2D eigenvalue weighted by Crippen LogP contribution is 2.24. The largest absolute Gasteiger partial charge is 0.496 e. The van der Waals surface area contributed by atoms with E-state index in [0.29, 0.717) is 16.9 Å². The molecule has 0 saturated heterocycles. The van der Waals surface area contributed by atoms with Crippen LogP contribution in [-0.4, -0.2) is 31.9 Å². The lowest BCUT2D eigenvalue weighted by Gasteiger charge is -2.08. The van der Waals surface area contributed by atoms with E-state index in [1.165, 1.54) is 14.2 Å². The maximum absolute atomic E-state index is 12.3. The molecule has 0 aliphatic carbocycles. The van der Waals surface area contributed by atoms with Gasteiger partial charge >= 0.3 is 11.9 Å². The molecular formula is C20H19BrO6. The number of halogens is 1. The zero-order valence-corrected chi connectivity index (χ0v) is 16.6. The van der Waals surface area contributed by atoms with E-state index in [1.807, 2.05) is 0 Å². The number of hydrogen-bond acceptors (Lipinski definition) is 6. The first-order valence-electron chi connectivity index (χ1n) is 8.14. The molecular weight excluding hydrogens is 416 g/mol. The number of benzene rings is 2. The van der Waals surface area contributed by atoms with Crippen molar-refractivity contribution in [1.82, 2.24) is 0 Å². The van der Waals surface area contributed by atoms with Crippen LogP contribution in [0.25, 0.3) is 0 Å². The maximum Gasteiger partial charge on any atom is 0.337 e. The van der Waals surface area contributed by atoms with E-state index < -0.39 is 11.9 Å². The molecule has 2 rings (SSSR count). The van der Waals surface area contributed by atoms with Gasteiger partial charge in [0.25, 0.3) is 0 Å². The van der Waals surface area contributed by atoms with E-state index in [1.54, 1.807) is 42.5 Å². The molecule has 0 N–H and O–H groups in total. The first-order chi connectivity index (χ1) is 12.9. The van der Waals surface area contributed by atoms with Crippen molar-refractivity contribution in [3.8, 4) is 5.75 Å². The Balaban J connectivity index is 1.85. The highest BCUT2D eigenvalue weighted by Gasteiger charge is 2.15. The molecule has 142 valence electrons. The summed E-state index contributed by atoms with van der Waals surface area (Å²) in [6.07, 6.45) is -0.0122. The van der Waals surface area contributed by atoms with Crippen LogP contribution in [0.2, 0.25) is 0 Å². The Morgan fingerprint density at radius 3 is 2.30 bits per heavy atom. The second kappa shape index (κ2) is 9.87. The van der Waals surface area contributed by atoms with Crippen LogP contribution in [0.1, 0.15) is 39.1 Å². The average molecular weight is 435 g/mol. The van der Waals surface area contributed by atoms with Crippen molar-refractivity contribution in [1.29, 1.82) is 0 Å². The van der Waals surface area contributed by atoms with Gasteiger partial charge in [-0.15, -0.1) is 0 Å². The number of Topliss-reactive ketones (excluding diaryl/α,β-unsaturated/α-hetero) is 1. The minimum Gasteiger partial charge on any atom is -0.496 e. The van der Waals surface area contributed by atoms with Crippen LogP contribution in [-0.2, 0) is 20.9 Å². The van der Waals surface area contributed by atoms with Crippen molar-refractivity contribution in [2.45, 2.75) is 19.4 Å². The van der Waals surface area contributed by atoms with Crippen molar-refractivity contribution < 1.29 is 28.6 Å². The van der Waals surface area contributed by atoms with Gasteiger partial charge in [0, 0.05) is 10.9 Å². The Morgan fingerprint density at radius 2 is 1.67 bits per heavy atom. The van der Waals surface area contributed by atoms with Crippen LogP contribution in [0.3, 0.4) is 0 Å². The topological polar surface area (TPSA) is 78.9 Å². The van der Waals surface area contributed by atoms with Gasteiger partial charge in [-0.1, -0.05) is 28.1 Å². The zero-order chi connectivity index (χ0) is 19.8. The van der Waals surface area contributed by atoms with Crippen molar-refractivity contribution >= 4 is 33.7 Å². The van der Waals surface area contributed by atoms with Gasteiger partial charge in [0.1, 0.15) is 12.4 Å². The molecule has 0 aliphatic heterocycles. The first-order valence-corrected chi connectivity index (χ1v) is 8.93. The lowest BCUT2D eigenvalue weighted by molar-refractivity contribution is -0.144. The molecule has 0 radical (unpaired) electrons. The van der Waals surface area contributed by atoms with Crippen LogP contribution >= 0.6 is 15.9 Å². The predicted molar refractivity (Wildman–Crippen MR) is 102 cm³/mol. The Bertz CT molecular complexity index is 829. The van der Waals surface area contributed by atoms with Crippen molar-refractivity contribution in [3.05, 3.63) is 63.6 Å². The lowest BCUT2D eigenvalue weighted by atomic mass is 10.1. The van der Waals surface area contributed by atoms with Gasteiger partial charge < -0.3 is 14.2 Å². The van der Waals surface area contributed by atoms with Gasteiger partial charge in [0.05, 0.1) is 31.8 Å². The van der Waals surface area contributed by atoms with E-state index in [0.717, 1.165) is 10.0 Å². The monoisotopic (exact) mass is 434 g/mol. The number of methoxy groups -OCH3 is 2. The Kier molecular flexibility index (Phi) is 7.55. The fourth-order valence-electron chi connectivity index (χ4n) is 2.34. The molecule has 0 amide bonds. The normalized spacial score (nSPS) is 10.2. The van der Waals surface area contributed by atoms with Crippen LogP contribution in [0.5, 0.6) is 5.75 Å². The maximum atomic E-state index is 12.3. The fraction of sp³-hybridized carbons (Fsp3) is 0.250. The number of esters is 2. The molecule has 0 saturated carbocycles. The molecule has 0 atom stereocenters. The van der Waals surface area contributed by atoms with Crippen LogP contribution < -0.4 is 4.74 Å². The van der Waals surface area contributed by atoms with Crippen molar-refractivity contribution in [2.24, 2.45) is 0 Å². The Morgan fingerprint density at radius 1 is 0.963 bits per heavy atom. The molecule has 0 heterocycles. The average Bonchev–Trinajstić information content (AvgIpc) is 2.70. The lowest BCUT2D eigenvalue weighted by Crippen LogP contribution is -2.09. The molecule has 0 aliphatic rings. The second-order valence-corrected chi connectivity index (χ2v) is 6.53. The smallest absolute Gasteiger partial charge is 0.337 e. The molecule has 6 nitrogen and oxygen atoms in total. The third-order valence-electron chi connectivity index (χ3n) is 3.79. The standard InChI is InChI=1S/C20H19BrO6/c1-25-18-9-7-15(21)11-16(18)17(22)8-10-19(23)27-12-13-3-5-14(6-4-13)20(24)26-2/h3-7,9,11H,8,10,12H2,1-2H3. The molecule has 0 fully saturated rings. The number of rotatable bonds is 8. The number of carbonyl (C=O) groups excluding carboxylic acids is 3. The minimum atomic E-state index is -0.477. The SMILES string of the molecule is COC(=O)c1ccc(COC(=O)CCC(=O)c2cc(Br)ccc2OC)cc1. The first kappa shape index (κ1) is 20.6. The van der Waals surface area contributed by atoms with E-state index in [4.69, 9.17) is 9.47 Å². The van der Waals surface area contributed by atoms with Gasteiger partial charge in [0.2, 0.25) is 0 Å². The number of carbonyl (C=O) groups is 3. The zero-order valence-electron chi connectivity index (χ0n) is 15.0. The summed E-state index contributed by atoms with van der Waals surface area (Å²) in [5.41, 5.74) is 1.57. The highest BCUT2D eigenvalue weighted by atomic mass is 79.9. The van der Waals surface area contributed by atoms with Crippen LogP contribution in [0.15, 0.2) is 46.9 Å². The Hall–Kier alpha value is -2.67. The number of ether oxygens (including phenoxy) is 3. The summed E-state index contributed by atoms with van der Waals surface area (Å²) < 4.78 is 15.7. The summed E-state index contributed by atoms with van der Waals surface area (Å²) in [5.74, 6) is -0.649. The van der Waals surface area contributed by atoms with Crippen molar-refractivity contribution in [3.63, 3.8) is 0 Å². The van der Waals surface area contributed by atoms with Crippen LogP contribution in [0.4, 0.5) is 0 Å². The molecule has 2 aromatic carbocycles. The second-order valence-electron chi connectivity index (χ2n) is 5.62. The summed E-state index contributed by atoms with van der Waals surface area (Å²) in [5, 5.41) is 0. The van der Waals surface area contributed by atoms with E-state index in [2.05, 4.69) is 20.7 Å². The summed E-state index contributed by atoms with van der Waals surface area (Å²) >= 11 is 3.31. The molecule has 0 spiro atoms. The molecule has 7 heteroatoms. The van der Waals surface area contributed by atoms with Gasteiger partial charge in [-0.25, -0.2) is 4.79 Å². The predicted octanol–water partition coefficient (Wildman–Crippen LogP) is 3.95. The number of hydrogen-bond donors (Lipinski definition) is 0.